The van der Waals surface area contributed by atoms with Gasteiger partial charge in [-0.1, -0.05) is 23.2 Å². The highest BCUT2D eigenvalue weighted by Crippen LogP contribution is 2.21. The van der Waals surface area contributed by atoms with E-state index in [1.54, 1.807) is 18.2 Å². The molecule has 0 aliphatic carbocycles. The molecule has 2 rings (SSSR count). The normalized spacial score (nSPS) is 10.5. The maximum atomic E-state index is 13.1. The Bertz CT molecular complexity index is 638. The van der Waals surface area contributed by atoms with Crippen molar-refractivity contribution in [2.75, 3.05) is 0 Å². The maximum Gasteiger partial charge on any atom is 0.167 e. The molecule has 0 aromatic heterocycles. The lowest BCUT2D eigenvalue weighted by Gasteiger charge is -2.06. The van der Waals surface area contributed by atoms with Crippen molar-refractivity contribution in [2.24, 2.45) is 0 Å². The first-order chi connectivity index (χ1) is 8.97. The number of carbonyl (C=O) groups excluding carboxylic acids is 1. The van der Waals surface area contributed by atoms with Crippen LogP contribution in [-0.4, -0.2) is 5.78 Å². The Labute approximate surface area is 121 Å². The second-order valence-corrected chi connectivity index (χ2v) is 5.11. The summed E-state index contributed by atoms with van der Waals surface area (Å²) in [6, 6.07) is 9.05. The number of rotatable bonds is 3. The zero-order chi connectivity index (χ0) is 14.0. The van der Waals surface area contributed by atoms with Crippen LogP contribution in [0.2, 0.25) is 10.0 Å². The van der Waals surface area contributed by atoms with Gasteiger partial charge in [-0.25, -0.2) is 4.39 Å². The van der Waals surface area contributed by atoms with Crippen LogP contribution in [0, 0.1) is 12.7 Å². The Hall–Kier alpha value is -1.38. The SMILES string of the molecule is Cc1cc(C(=O)Cc2cc(F)ccc2Cl)ccc1Cl. The first kappa shape index (κ1) is 14.0. The molecule has 0 N–H and O–H groups in total. The van der Waals surface area contributed by atoms with Crippen LogP contribution in [0.4, 0.5) is 4.39 Å². The lowest BCUT2D eigenvalue weighted by Crippen LogP contribution is -2.04. The van der Waals surface area contributed by atoms with Crippen LogP contribution in [0.15, 0.2) is 36.4 Å². The summed E-state index contributed by atoms with van der Waals surface area (Å²) >= 11 is 11.9. The first-order valence-corrected chi connectivity index (χ1v) is 6.46. The van der Waals surface area contributed by atoms with Crippen LogP contribution < -0.4 is 0 Å². The number of benzene rings is 2. The molecule has 1 nitrogen and oxygen atoms in total. The van der Waals surface area contributed by atoms with E-state index in [0.29, 0.717) is 21.2 Å². The van der Waals surface area contributed by atoms with Gasteiger partial charge in [0, 0.05) is 22.0 Å². The minimum absolute atomic E-state index is 0.0671. The van der Waals surface area contributed by atoms with Crippen LogP contribution in [0.5, 0.6) is 0 Å². The third-order valence-electron chi connectivity index (χ3n) is 2.84. The summed E-state index contributed by atoms with van der Waals surface area (Å²) in [5.74, 6) is -0.522. The summed E-state index contributed by atoms with van der Waals surface area (Å²) in [5.41, 5.74) is 1.86. The summed E-state index contributed by atoms with van der Waals surface area (Å²) < 4.78 is 13.1. The summed E-state index contributed by atoms with van der Waals surface area (Å²) in [4.78, 5) is 12.1. The third kappa shape index (κ3) is 3.34. The standard InChI is InChI=1S/C15H11Cl2FO/c1-9-6-10(2-4-13(9)16)15(19)8-11-7-12(18)3-5-14(11)17/h2-7H,8H2,1H3. The molecule has 0 radical (unpaired) electrons. The smallest absolute Gasteiger partial charge is 0.167 e. The van der Waals surface area contributed by atoms with Crippen molar-refractivity contribution in [3.63, 3.8) is 0 Å². The van der Waals surface area contributed by atoms with Crippen molar-refractivity contribution < 1.29 is 9.18 Å². The van der Waals surface area contributed by atoms with Gasteiger partial charge < -0.3 is 0 Å². The molecule has 0 bridgehead atoms. The number of carbonyl (C=O) groups is 1. The average molecular weight is 297 g/mol. The summed E-state index contributed by atoms with van der Waals surface area (Å²) in [6.45, 7) is 1.83. The van der Waals surface area contributed by atoms with E-state index in [2.05, 4.69) is 0 Å². The van der Waals surface area contributed by atoms with Gasteiger partial charge in [-0.15, -0.1) is 0 Å². The lowest BCUT2D eigenvalue weighted by atomic mass is 10.0. The molecule has 2 aromatic carbocycles. The van der Waals surface area contributed by atoms with Gasteiger partial charge in [0.2, 0.25) is 0 Å². The highest BCUT2D eigenvalue weighted by atomic mass is 35.5. The molecule has 0 unspecified atom stereocenters. The number of hydrogen-bond acceptors (Lipinski definition) is 1. The van der Waals surface area contributed by atoms with Crippen molar-refractivity contribution in [3.8, 4) is 0 Å². The molecular weight excluding hydrogens is 286 g/mol. The second-order valence-electron chi connectivity index (χ2n) is 4.30. The Morgan fingerprint density at radius 2 is 1.79 bits per heavy atom. The van der Waals surface area contributed by atoms with Crippen LogP contribution in [-0.2, 0) is 6.42 Å². The zero-order valence-electron chi connectivity index (χ0n) is 10.2. The Balaban J connectivity index is 2.25. The Morgan fingerprint density at radius 3 is 2.47 bits per heavy atom. The molecule has 0 atom stereocenters. The quantitative estimate of drug-likeness (QED) is 0.739. The predicted molar refractivity (Wildman–Crippen MR) is 75.6 cm³/mol. The fraction of sp³-hybridized carbons (Fsp3) is 0.133. The highest BCUT2D eigenvalue weighted by molar-refractivity contribution is 6.32. The summed E-state index contributed by atoms with van der Waals surface area (Å²) in [5, 5.41) is 1.00. The molecule has 98 valence electrons. The first-order valence-electron chi connectivity index (χ1n) is 5.70. The molecule has 4 heteroatoms. The highest BCUT2D eigenvalue weighted by Gasteiger charge is 2.11. The van der Waals surface area contributed by atoms with Gasteiger partial charge in [-0.3, -0.25) is 4.79 Å². The van der Waals surface area contributed by atoms with Gasteiger partial charge in [0.1, 0.15) is 5.82 Å². The van der Waals surface area contributed by atoms with Crippen molar-refractivity contribution in [1.82, 2.24) is 0 Å². The van der Waals surface area contributed by atoms with Crippen LogP contribution in [0.25, 0.3) is 0 Å². The monoisotopic (exact) mass is 296 g/mol. The van der Waals surface area contributed by atoms with E-state index in [-0.39, 0.29) is 12.2 Å². The van der Waals surface area contributed by atoms with Crippen LogP contribution in [0.1, 0.15) is 21.5 Å². The number of ketones is 1. The van der Waals surface area contributed by atoms with Crippen molar-refractivity contribution in [2.45, 2.75) is 13.3 Å². The van der Waals surface area contributed by atoms with Gasteiger partial charge >= 0.3 is 0 Å². The molecule has 0 heterocycles. The van der Waals surface area contributed by atoms with E-state index in [1.165, 1.54) is 18.2 Å². The summed E-state index contributed by atoms with van der Waals surface area (Å²) in [7, 11) is 0. The van der Waals surface area contributed by atoms with Gasteiger partial charge in [-0.2, -0.15) is 0 Å². The second kappa shape index (κ2) is 5.72. The Morgan fingerprint density at radius 1 is 1.11 bits per heavy atom. The van der Waals surface area contributed by atoms with E-state index in [0.717, 1.165) is 5.56 Å². The maximum absolute atomic E-state index is 13.1. The van der Waals surface area contributed by atoms with Crippen molar-refractivity contribution >= 4 is 29.0 Å². The largest absolute Gasteiger partial charge is 0.294 e. The van der Waals surface area contributed by atoms with E-state index in [9.17, 15) is 9.18 Å². The minimum atomic E-state index is -0.403. The zero-order valence-corrected chi connectivity index (χ0v) is 11.7. The summed E-state index contributed by atoms with van der Waals surface area (Å²) in [6.07, 6.45) is 0.0671. The van der Waals surface area contributed by atoms with Crippen LogP contribution in [0.3, 0.4) is 0 Å². The van der Waals surface area contributed by atoms with Gasteiger partial charge in [0.15, 0.2) is 5.78 Å². The van der Waals surface area contributed by atoms with Crippen molar-refractivity contribution in [3.05, 3.63) is 69.0 Å². The number of Topliss-reactive ketones (excluding diaryl/α,β-unsaturated/α-hetero) is 1. The van der Waals surface area contributed by atoms with E-state index >= 15 is 0 Å². The molecule has 0 saturated heterocycles. The predicted octanol–water partition coefficient (Wildman–Crippen LogP) is 4.87. The van der Waals surface area contributed by atoms with Gasteiger partial charge in [0.25, 0.3) is 0 Å². The van der Waals surface area contributed by atoms with E-state index < -0.39 is 5.82 Å². The number of hydrogen-bond donors (Lipinski definition) is 0. The molecule has 0 aliphatic rings. The van der Waals surface area contributed by atoms with Crippen molar-refractivity contribution in [1.29, 1.82) is 0 Å². The molecule has 19 heavy (non-hydrogen) atoms. The Kier molecular flexibility index (Phi) is 4.23. The minimum Gasteiger partial charge on any atom is -0.294 e. The van der Waals surface area contributed by atoms with E-state index in [1.807, 2.05) is 6.92 Å². The lowest BCUT2D eigenvalue weighted by molar-refractivity contribution is 0.0993. The molecule has 2 aromatic rings. The molecule has 0 spiro atoms. The molecular formula is C15H11Cl2FO. The number of halogens is 3. The topological polar surface area (TPSA) is 17.1 Å². The van der Waals surface area contributed by atoms with Gasteiger partial charge in [-0.05, 0) is 54.4 Å². The fourth-order valence-corrected chi connectivity index (χ4v) is 2.07. The molecule has 0 saturated carbocycles. The fourth-order valence-electron chi connectivity index (χ4n) is 1.77. The van der Waals surface area contributed by atoms with Crippen LogP contribution >= 0.6 is 23.2 Å². The molecule has 0 aliphatic heterocycles. The molecule has 0 fully saturated rings. The molecule has 0 amide bonds. The average Bonchev–Trinajstić information content (AvgIpc) is 2.37. The third-order valence-corrected chi connectivity index (χ3v) is 3.63. The van der Waals surface area contributed by atoms with E-state index in [4.69, 9.17) is 23.2 Å². The number of aryl methyl sites for hydroxylation is 1. The van der Waals surface area contributed by atoms with Gasteiger partial charge in [0.05, 0.1) is 0 Å².